The molecule has 5 heteroatoms. The molecule has 0 saturated heterocycles. The SMILES string of the molecule is C=CC(=O)CCCCCCCCCCO.[Ga].[In].[Sn]. The van der Waals surface area contributed by atoms with Gasteiger partial charge in [0.2, 0.25) is 0 Å². The van der Waals surface area contributed by atoms with Gasteiger partial charge in [0.25, 0.3) is 0 Å². The maximum Gasteiger partial charge on any atom is 0.155 e. The van der Waals surface area contributed by atoms with E-state index in [-0.39, 0.29) is 75.3 Å². The topological polar surface area (TPSA) is 37.3 Å². The monoisotopic (exact) mass is 516 g/mol. The second-order valence-corrected chi connectivity index (χ2v) is 3.97. The average Bonchev–Trinajstić information content (AvgIpc) is 2.26. The van der Waals surface area contributed by atoms with E-state index in [4.69, 9.17) is 5.11 Å². The molecule has 0 saturated carbocycles. The second-order valence-electron chi connectivity index (χ2n) is 3.97. The van der Waals surface area contributed by atoms with Crippen LogP contribution in [0.2, 0.25) is 0 Å². The summed E-state index contributed by atoms with van der Waals surface area (Å²) in [5.74, 6) is 0.165. The van der Waals surface area contributed by atoms with E-state index < -0.39 is 0 Å². The first-order valence-corrected chi connectivity index (χ1v) is 6.07. The third-order valence-electron chi connectivity index (χ3n) is 2.56. The Morgan fingerprint density at radius 3 is 1.72 bits per heavy atom. The number of unbranched alkanes of at least 4 members (excludes halogenated alkanes) is 7. The Bertz CT molecular complexity index is 180. The zero-order chi connectivity index (χ0) is 11.4. The molecule has 18 heavy (non-hydrogen) atoms. The number of carbonyl (C=O) groups is 1. The van der Waals surface area contributed by atoms with Crippen LogP contribution in [0.3, 0.4) is 0 Å². The Morgan fingerprint density at radius 2 is 1.33 bits per heavy atom. The Kier molecular flexibility index (Phi) is 36.8. The fraction of sp³-hybridized carbons (Fsp3) is 0.769. The molecule has 0 aromatic heterocycles. The van der Waals surface area contributed by atoms with Crippen LogP contribution in [0.15, 0.2) is 12.7 Å². The summed E-state index contributed by atoms with van der Waals surface area (Å²) in [6, 6.07) is 0. The number of hydrogen-bond donors (Lipinski definition) is 1. The van der Waals surface area contributed by atoms with Crippen molar-refractivity contribution >= 4 is 75.3 Å². The Morgan fingerprint density at radius 1 is 0.944 bits per heavy atom. The molecular weight excluding hydrogens is 491 g/mol. The predicted octanol–water partition coefficient (Wildman–Crippen LogP) is 2.10. The van der Waals surface area contributed by atoms with Gasteiger partial charge in [-0.25, -0.2) is 0 Å². The van der Waals surface area contributed by atoms with Gasteiger partial charge < -0.3 is 5.11 Å². The molecule has 2 nitrogen and oxygen atoms in total. The molecule has 0 amide bonds. The molecule has 0 unspecified atom stereocenters. The zero-order valence-electron chi connectivity index (χ0n) is 11.4. The van der Waals surface area contributed by atoms with E-state index >= 15 is 0 Å². The minimum atomic E-state index is 0. The fourth-order valence-electron chi connectivity index (χ4n) is 1.57. The fourth-order valence-corrected chi connectivity index (χ4v) is 1.57. The molecular formula is C13H24GaInO2Sn. The molecule has 0 atom stereocenters. The van der Waals surface area contributed by atoms with Crippen LogP contribution in [0.5, 0.6) is 0 Å². The van der Waals surface area contributed by atoms with Crippen LogP contribution in [-0.4, -0.2) is 87.0 Å². The molecule has 98 valence electrons. The number of hydrogen-bond acceptors (Lipinski definition) is 2. The summed E-state index contributed by atoms with van der Waals surface area (Å²) in [5, 5.41) is 8.57. The molecule has 0 aromatic rings. The van der Waals surface area contributed by atoms with E-state index in [0.717, 1.165) is 25.7 Å². The standard InChI is InChI=1S/C13H24O2.Ga.In.Sn/c1-2-13(15)11-9-7-5-3-4-6-8-10-12-14;;;/h2,14H,1,3-12H2;;;. The van der Waals surface area contributed by atoms with Crippen molar-refractivity contribution in [2.24, 2.45) is 0 Å². The number of aliphatic hydroxyl groups excluding tert-OH is 1. The normalized spacial score (nSPS) is 8.50. The summed E-state index contributed by atoms with van der Waals surface area (Å²) in [7, 11) is 0. The Balaban J connectivity index is -0.000000327. The third kappa shape index (κ3) is 22.8. The molecule has 0 aliphatic carbocycles. The van der Waals surface area contributed by atoms with E-state index in [9.17, 15) is 4.79 Å². The number of aliphatic hydroxyl groups is 1. The van der Waals surface area contributed by atoms with Crippen LogP contribution in [0, 0.1) is 0 Å². The maximum atomic E-state index is 10.9. The van der Waals surface area contributed by atoms with Crippen molar-refractivity contribution in [2.45, 2.75) is 57.8 Å². The zero-order valence-corrected chi connectivity index (χ0v) is 19.9. The van der Waals surface area contributed by atoms with Crippen LogP contribution in [0.1, 0.15) is 57.8 Å². The molecule has 1 N–H and O–H groups in total. The van der Waals surface area contributed by atoms with Gasteiger partial charge in [0.1, 0.15) is 0 Å². The molecule has 0 fully saturated rings. The van der Waals surface area contributed by atoms with Gasteiger partial charge in [-0.3, -0.25) is 4.79 Å². The number of rotatable bonds is 11. The predicted molar refractivity (Wildman–Crippen MR) is 81.1 cm³/mol. The Hall–Kier alpha value is 1.68. The molecule has 0 aliphatic rings. The van der Waals surface area contributed by atoms with Crippen LogP contribution in [0.25, 0.3) is 0 Å². The maximum absolute atomic E-state index is 10.9. The van der Waals surface area contributed by atoms with Gasteiger partial charge in [-0.05, 0) is 18.9 Å². The molecule has 10 radical (unpaired) electrons. The molecule has 0 bridgehead atoms. The summed E-state index contributed by atoms with van der Waals surface area (Å²) >= 11 is 0. The van der Waals surface area contributed by atoms with Crippen LogP contribution in [0.4, 0.5) is 0 Å². The smallest absolute Gasteiger partial charge is 0.155 e. The van der Waals surface area contributed by atoms with E-state index in [0.29, 0.717) is 13.0 Å². The summed E-state index contributed by atoms with van der Waals surface area (Å²) in [5.41, 5.74) is 0. The number of allylic oxidation sites excluding steroid dienone is 1. The van der Waals surface area contributed by atoms with Crippen molar-refractivity contribution in [1.29, 1.82) is 0 Å². The van der Waals surface area contributed by atoms with Crippen molar-refractivity contribution in [2.75, 3.05) is 6.61 Å². The minimum absolute atomic E-state index is 0. The molecule has 0 aliphatic heterocycles. The van der Waals surface area contributed by atoms with E-state index in [2.05, 4.69) is 6.58 Å². The van der Waals surface area contributed by atoms with E-state index in [1.165, 1.54) is 31.8 Å². The van der Waals surface area contributed by atoms with Gasteiger partial charge in [0.05, 0.1) is 0 Å². The molecule has 0 aromatic carbocycles. The van der Waals surface area contributed by atoms with Gasteiger partial charge in [-0.2, -0.15) is 0 Å². The van der Waals surface area contributed by atoms with Crippen LogP contribution in [-0.2, 0) is 4.79 Å². The first kappa shape index (κ1) is 27.9. The summed E-state index contributed by atoms with van der Waals surface area (Å²) in [6.45, 7) is 3.77. The van der Waals surface area contributed by atoms with Gasteiger partial charge >= 0.3 is 0 Å². The van der Waals surface area contributed by atoms with Crippen molar-refractivity contribution in [1.82, 2.24) is 0 Å². The van der Waals surface area contributed by atoms with Crippen molar-refractivity contribution in [3.63, 3.8) is 0 Å². The number of ketones is 1. The summed E-state index contributed by atoms with van der Waals surface area (Å²) in [4.78, 5) is 10.9. The first-order chi connectivity index (χ1) is 7.31. The van der Waals surface area contributed by atoms with Crippen LogP contribution >= 0.6 is 0 Å². The average molecular weight is 516 g/mol. The van der Waals surface area contributed by atoms with Crippen molar-refractivity contribution < 1.29 is 9.90 Å². The van der Waals surface area contributed by atoms with Crippen LogP contribution < -0.4 is 0 Å². The molecule has 0 rings (SSSR count). The van der Waals surface area contributed by atoms with E-state index in [1.54, 1.807) is 0 Å². The van der Waals surface area contributed by atoms with Gasteiger partial charge in [-0.1, -0.05) is 45.1 Å². The van der Waals surface area contributed by atoms with Crippen molar-refractivity contribution in [3.8, 4) is 0 Å². The quantitative estimate of drug-likeness (QED) is 0.260. The Labute approximate surface area is 161 Å². The number of carbonyl (C=O) groups excluding carboxylic acids is 1. The van der Waals surface area contributed by atoms with Crippen molar-refractivity contribution in [3.05, 3.63) is 12.7 Å². The molecule has 0 heterocycles. The van der Waals surface area contributed by atoms with Gasteiger partial charge in [-0.15, -0.1) is 0 Å². The second kappa shape index (κ2) is 23.7. The summed E-state index contributed by atoms with van der Waals surface area (Å²) in [6.07, 6.45) is 11.3. The third-order valence-corrected chi connectivity index (χ3v) is 2.56. The first-order valence-electron chi connectivity index (χ1n) is 6.07. The largest absolute Gasteiger partial charge is 0.396 e. The molecule has 0 spiro atoms. The summed E-state index contributed by atoms with van der Waals surface area (Å²) < 4.78 is 0. The van der Waals surface area contributed by atoms with Gasteiger partial charge in [0, 0.05) is 82.6 Å². The van der Waals surface area contributed by atoms with Gasteiger partial charge in [0.15, 0.2) is 5.78 Å². The minimum Gasteiger partial charge on any atom is -0.396 e. The van der Waals surface area contributed by atoms with E-state index in [1.807, 2.05) is 0 Å².